The van der Waals surface area contributed by atoms with Gasteiger partial charge in [0.15, 0.2) is 11.0 Å². The van der Waals surface area contributed by atoms with Gasteiger partial charge in [-0.25, -0.2) is 0 Å². The minimum absolute atomic E-state index is 0.0364. The largest absolute Gasteiger partial charge is 0.325 e. The normalized spacial score (nSPS) is 13.1. The summed E-state index contributed by atoms with van der Waals surface area (Å²) in [5.74, 6) is 1.15. The van der Waals surface area contributed by atoms with Crippen LogP contribution in [0.1, 0.15) is 44.2 Å². The first-order chi connectivity index (χ1) is 13.9. The molecule has 0 aliphatic heterocycles. The Morgan fingerprint density at radius 1 is 1.10 bits per heavy atom. The van der Waals surface area contributed by atoms with Gasteiger partial charge in [0.05, 0.1) is 5.25 Å². The smallest absolute Gasteiger partial charge is 0.237 e. The van der Waals surface area contributed by atoms with Crippen LogP contribution in [-0.4, -0.2) is 25.9 Å². The topological polar surface area (TPSA) is 59.8 Å². The van der Waals surface area contributed by atoms with Crippen molar-refractivity contribution in [2.24, 2.45) is 7.05 Å². The van der Waals surface area contributed by atoms with Crippen molar-refractivity contribution in [1.29, 1.82) is 0 Å². The lowest BCUT2D eigenvalue weighted by Crippen LogP contribution is -2.23. The molecule has 0 spiro atoms. The molecule has 1 aromatic heterocycles. The van der Waals surface area contributed by atoms with Crippen LogP contribution in [-0.2, 0) is 11.8 Å². The molecule has 0 saturated carbocycles. The van der Waals surface area contributed by atoms with E-state index in [-0.39, 0.29) is 11.2 Å². The van der Waals surface area contributed by atoms with Crippen LogP contribution in [0, 0.1) is 6.92 Å². The average Bonchev–Trinajstić information content (AvgIpc) is 3.08. The van der Waals surface area contributed by atoms with E-state index in [1.165, 1.54) is 22.9 Å². The third-order valence-electron chi connectivity index (χ3n) is 5.16. The maximum atomic E-state index is 12.8. The molecule has 0 saturated heterocycles. The van der Waals surface area contributed by atoms with E-state index in [4.69, 9.17) is 0 Å². The molecule has 6 heteroatoms. The van der Waals surface area contributed by atoms with Crippen molar-refractivity contribution in [3.05, 3.63) is 59.7 Å². The summed E-state index contributed by atoms with van der Waals surface area (Å²) in [4.78, 5) is 12.8. The van der Waals surface area contributed by atoms with Gasteiger partial charge in [0, 0.05) is 18.3 Å². The van der Waals surface area contributed by atoms with Crippen molar-refractivity contribution >= 4 is 23.4 Å². The minimum Gasteiger partial charge on any atom is -0.325 e. The number of nitrogens with one attached hydrogen (secondary N) is 1. The van der Waals surface area contributed by atoms with Crippen LogP contribution in [0.2, 0.25) is 0 Å². The first kappa shape index (κ1) is 21.1. The Balaban J connectivity index is 1.72. The number of anilines is 1. The minimum atomic E-state index is -0.297. The summed E-state index contributed by atoms with van der Waals surface area (Å²) in [6, 6.07) is 16.2. The monoisotopic (exact) mass is 408 g/mol. The highest BCUT2D eigenvalue weighted by Gasteiger charge is 2.20. The predicted octanol–water partition coefficient (Wildman–Crippen LogP) is 5.42. The van der Waals surface area contributed by atoms with Gasteiger partial charge in [0.25, 0.3) is 0 Å². The summed E-state index contributed by atoms with van der Waals surface area (Å²) in [5.41, 5.74) is 4.27. The second-order valence-corrected chi connectivity index (χ2v) is 8.69. The maximum Gasteiger partial charge on any atom is 0.237 e. The van der Waals surface area contributed by atoms with Crippen LogP contribution in [0.5, 0.6) is 0 Å². The van der Waals surface area contributed by atoms with Gasteiger partial charge in [-0.3, -0.25) is 4.79 Å². The summed E-state index contributed by atoms with van der Waals surface area (Å²) in [6.45, 7) is 8.28. The summed E-state index contributed by atoms with van der Waals surface area (Å²) in [5, 5.41) is 12.1. The molecule has 0 aliphatic carbocycles. The van der Waals surface area contributed by atoms with Crippen molar-refractivity contribution < 1.29 is 4.79 Å². The highest BCUT2D eigenvalue weighted by Crippen LogP contribution is 2.29. The number of rotatable bonds is 7. The van der Waals surface area contributed by atoms with E-state index in [2.05, 4.69) is 54.5 Å². The molecule has 152 valence electrons. The van der Waals surface area contributed by atoms with E-state index in [9.17, 15) is 4.79 Å². The van der Waals surface area contributed by atoms with Crippen LogP contribution in [0.4, 0.5) is 5.69 Å². The van der Waals surface area contributed by atoms with Gasteiger partial charge in [-0.1, -0.05) is 73.6 Å². The van der Waals surface area contributed by atoms with E-state index in [0.717, 1.165) is 28.7 Å². The van der Waals surface area contributed by atoms with Crippen LogP contribution >= 0.6 is 11.8 Å². The SMILES string of the molecule is CCC(C)c1ccccc1NC(=O)C(C)Sc1nnc(-c2ccc(C)cc2)n1C. The van der Waals surface area contributed by atoms with Crippen LogP contribution in [0.15, 0.2) is 53.7 Å². The van der Waals surface area contributed by atoms with E-state index < -0.39 is 0 Å². The lowest BCUT2D eigenvalue weighted by Gasteiger charge is -2.17. The standard InChI is InChI=1S/C23H28N4OS/c1-6-16(3)19-9-7-8-10-20(19)24-22(28)17(4)29-23-26-25-21(27(23)5)18-13-11-15(2)12-14-18/h7-14,16-17H,6H2,1-5H3,(H,24,28). The molecule has 1 N–H and O–H groups in total. The van der Waals surface area contributed by atoms with Crippen molar-refractivity contribution in [3.8, 4) is 11.4 Å². The summed E-state index contributed by atoms with van der Waals surface area (Å²) in [6.07, 6.45) is 1.03. The molecule has 2 aromatic carbocycles. The molecule has 1 heterocycles. The van der Waals surface area contributed by atoms with E-state index in [1.54, 1.807) is 0 Å². The number of carbonyl (C=O) groups excluding carboxylic acids is 1. The summed E-state index contributed by atoms with van der Waals surface area (Å²) < 4.78 is 1.94. The lowest BCUT2D eigenvalue weighted by molar-refractivity contribution is -0.115. The lowest BCUT2D eigenvalue weighted by atomic mass is 9.97. The van der Waals surface area contributed by atoms with Crippen molar-refractivity contribution in [3.63, 3.8) is 0 Å². The fourth-order valence-electron chi connectivity index (χ4n) is 3.08. The van der Waals surface area contributed by atoms with Gasteiger partial charge in [-0.15, -0.1) is 10.2 Å². The number of para-hydroxylation sites is 1. The van der Waals surface area contributed by atoms with Gasteiger partial charge < -0.3 is 9.88 Å². The number of benzene rings is 2. The zero-order valence-corrected chi connectivity index (χ0v) is 18.5. The van der Waals surface area contributed by atoms with Gasteiger partial charge in [-0.05, 0) is 37.8 Å². The third kappa shape index (κ3) is 4.88. The fraction of sp³-hybridized carbons (Fsp3) is 0.348. The molecule has 5 nitrogen and oxygen atoms in total. The Hall–Kier alpha value is -2.60. The number of carbonyl (C=O) groups is 1. The first-order valence-electron chi connectivity index (χ1n) is 9.93. The Morgan fingerprint density at radius 3 is 2.48 bits per heavy atom. The Labute approximate surface area is 176 Å². The Kier molecular flexibility index (Phi) is 6.75. The van der Waals surface area contributed by atoms with E-state index in [0.29, 0.717) is 5.92 Å². The molecule has 0 radical (unpaired) electrons. The highest BCUT2D eigenvalue weighted by atomic mass is 32.2. The molecule has 29 heavy (non-hydrogen) atoms. The average molecular weight is 409 g/mol. The fourth-order valence-corrected chi connectivity index (χ4v) is 3.89. The second-order valence-electron chi connectivity index (χ2n) is 7.38. The van der Waals surface area contributed by atoms with Gasteiger partial charge >= 0.3 is 0 Å². The number of amides is 1. The number of nitrogens with zero attached hydrogens (tertiary/aromatic N) is 3. The molecule has 2 unspecified atom stereocenters. The molecular weight excluding hydrogens is 380 g/mol. The van der Waals surface area contributed by atoms with Crippen molar-refractivity contribution in [1.82, 2.24) is 14.8 Å². The van der Waals surface area contributed by atoms with E-state index in [1.807, 2.05) is 48.9 Å². The molecule has 0 fully saturated rings. The molecule has 3 aromatic rings. The Bertz CT molecular complexity index is 981. The van der Waals surface area contributed by atoms with Crippen LogP contribution in [0.3, 0.4) is 0 Å². The summed E-state index contributed by atoms with van der Waals surface area (Å²) >= 11 is 1.41. The molecule has 3 rings (SSSR count). The van der Waals surface area contributed by atoms with Crippen molar-refractivity contribution in [2.45, 2.75) is 50.4 Å². The summed E-state index contributed by atoms with van der Waals surface area (Å²) in [7, 11) is 1.93. The van der Waals surface area contributed by atoms with Gasteiger partial charge in [0.2, 0.25) is 5.91 Å². The molecule has 2 atom stereocenters. The Morgan fingerprint density at radius 2 is 1.79 bits per heavy atom. The number of hydrogen-bond donors (Lipinski definition) is 1. The van der Waals surface area contributed by atoms with Crippen LogP contribution < -0.4 is 5.32 Å². The van der Waals surface area contributed by atoms with Gasteiger partial charge in [0.1, 0.15) is 0 Å². The number of aromatic nitrogens is 3. The molecule has 0 bridgehead atoms. The zero-order valence-electron chi connectivity index (χ0n) is 17.6. The first-order valence-corrected chi connectivity index (χ1v) is 10.8. The third-order valence-corrected chi connectivity index (χ3v) is 6.29. The van der Waals surface area contributed by atoms with Crippen molar-refractivity contribution in [2.75, 3.05) is 5.32 Å². The molecule has 0 aliphatic rings. The predicted molar refractivity (Wildman–Crippen MR) is 120 cm³/mol. The van der Waals surface area contributed by atoms with Gasteiger partial charge in [-0.2, -0.15) is 0 Å². The van der Waals surface area contributed by atoms with E-state index >= 15 is 0 Å². The second kappa shape index (κ2) is 9.27. The quantitative estimate of drug-likeness (QED) is 0.530. The maximum absolute atomic E-state index is 12.8. The highest BCUT2D eigenvalue weighted by molar-refractivity contribution is 8.00. The van der Waals surface area contributed by atoms with Crippen LogP contribution in [0.25, 0.3) is 11.4 Å². The molecular formula is C23H28N4OS. The zero-order chi connectivity index (χ0) is 21.0. The number of hydrogen-bond acceptors (Lipinski definition) is 4. The molecule has 1 amide bonds. The number of aryl methyl sites for hydroxylation is 1. The number of thioether (sulfide) groups is 1.